The zero-order valence-corrected chi connectivity index (χ0v) is 11.3. The molecular weight excluding hydrogens is 321 g/mol. The van der Waals surface area contributed by atoms with Crippen molar-refractivity contribution in [3.63, 3.8) is 0 Å². The van der Waals surface area contributed by atoms with Crippen LogP contribution in [0, 0.1) is 35.6 Å². The summed E-state index contributed by atoms with van der Waals surface area (Å²) < 4.78 is 3.11. The molecule has 0 saturated heterocycles. The number of hydrogen-bond donors (Lipinski definition) is 0. The molecule has 33 valence electrons. The molecule has 0 heterocycles. The van der Waals surface area contributed by atoms with Crippen molar-refractivity contribution in [2.24, 2.45) is 0 Å². The van der Waals surface area contributed by atoms with Crippen LogP contribution in [0.5, 0.6) is 0 Å². The van der Waals surface area contributed by atoms with Gasteiger partial charge in [0.05, 0.1) is 7.32 Å². The van der Waals surface area contributed by atoms with Gasteiger partial charge < -0.3 is 14.3 Å². The molecule has 7 heavy (non-hydrogen) atoms. The van der Waals surface area contributed by atoms with Crippen LogP contribution in [-0.2, 0) is 4.21 Å². The Morgan fingerprint density at radius 2 is 1.57 bits per heavy atom. The third-order valence-corrected chi connectivity index (χ3v) is 0.218. The van der Waals surface area contributed by atoms with Gasteiger partial charge in [0.1, 0.15) is 0 Å². The van der Waals surface area contributed by atoms with E-state index in [1.807, 2.05) is 0 Å². The van der Waals surface area contributed by atoms with E-state index in [1.165, 1.54) is 0 Å². The van der Waals surface area contributed by atoms with Crippen LogP contribution in [-0.4, -0.2) is 52.8 Å². The van der Waals surface area contributed by atoms with Gasteiger partial charge in [-0.3, -0.25) is 0 Å². The fourth-order valence-electron chi connectivity index (χ4n) is 0. The Bertz CT molecular complexity index is 28.9. The summed E-state index contributed by atoms with van der Waals surface area (Å²) in [4.78, 5) is 0. The molecule has 0 aromatic carbocycles. The molecule has 0 atom stereocenters. The van der Waals surface area contributed by atoms with Crippen molar-refractivity contribution in [2.75, 3.05) is 0 Å². The molecule has 0 aliphatic rings. The molecule has 0 aliphatic carbocycles. The number of halogens is 1. The first-order valence-corrected chi connectivity index (χ1v) is 1.17. The summed E-state index contributed by atoms with van der Waals surface area (Å²) in [7, 11) is -2.35. The molecule has 0 saturated carbocycles. The Hall–Kier alpha value is 2.91. The molecule has 0 rings (SSSR count). The second-order valence-electron chi connectivity index (χ2n) is 0.378. The normalized spacial score (nSPS) is 5.57. The molecule has 1 radical (unpaired) electrons. The molecular formula is BClLaO3Sr. The fraction of sp³-hybridized carbons (Fsp3) is 0. The first-order chi connectivity index (χ1) is 2.27. The zero-order valence-electron chi connectivity index (χ0n) is 3.46. The van der Waals surface area contributed by atoms with Gasteiger partial charge in [0.25, 0.3) is 0 Å². The Morgan fingerprint density at radius 3 is 1.57 bits per heavy atom. The van der Waals surface area contributed by atoms with Crippen molar-refractivity contribution in [1.29, 1.82) is 0 Å². The summed E-state index contributed by atoms with van der Waals surface area (Å²) in [5.41, 5.74) is 0. The molecule has 0 aliphatic heterocycles. The minimum Gasteiger partial charge on any atom is -0.869 e. The van der Waals surface area contributed by atoms with Gasteiger partial charge in [-0.25, -0.2) is 0 Å². The quantitative estimate of drug-likeness (QED) is 0.501. The Kier molecular flexibility index (Phi) is 27.5. The van der Waals surface area contributed by atoms with Crippen molar-refractivity contribution in [3.05, 3.63) is 0 Å². The van der Waals surface area contributed by atoms with Crippen LogP contribution in [0.2, 0.25) is 0 Å². The summed E-state index contributed by atoms with van der Waals surface area (Å²) in [5.74, 6) is 0. The van der Waals surface area contributed by atoms with E-state index in [1.54, 1.807) is 0 Å². The Balaban J connectivity index is -0.0000000800. The first kappa shape index (κ1) is 16.5. The van der Waals surface area contributed by atoms with Crippen LogP contribution in [0.4, 0.5) is 0 Å². The fourth-order valence-corrected chi connectivity index (χ4v) is 0. The van der Waals surface area contributed by atoms with Gasteiger partial charge in [-0.05, 0) is 0 Å². The third-order valence-electron chi connectivity index (χ3n) is 0.0727. The van der Waals surface area contributed by atoms with E-state index in [-0.39, 0.29) is 81.1 Å². The standard InChI is InChI=1S/BClO3.La.Sr/c2-5-1(3)4;;/q-2;;+2. The summed E-state index contributed by atoms with van der Waals surface area (Å²) in [6.45, 7) is 0. The van der Waals surface area contributed by atoms with Gasteiger partial charge in [-0.1, -0.05) is 0 Å². The van der Waals surface area contributed by atoms with E-state index in [9.17, 15) is 0 Å². The van der Waals surface area contributed by atoms with Crippen LogP contribution in [0.1, 0.15) is 0 Å². The van der Waals surface area contributed by atoms with Crippen molar-refractivity contribution < 1.29 is 49.9 Å². The van der Waals surface area contributed by atoms with E-state index in [0.717, 1.165) is 0 Å². The van der Waals surface area contributed by atoms with Crippen LogP contribution in [0.25, 0.3) is 0 Å². The van der Waals surface area contributed by atoms with Crippen molar-refractivity contribution in [1.82, 2.24) is 0 Å². The maximum absolute atomic E-state index is 8.99. The van der Waals surface area contributed by atoms with Crippen LogP contribution >= 0.6 is 11.9 Å². The minimum atomic E-state index is -2.35. The van der Waals surface area contributed by atoms with Crippen LogP contribution < -0.4 is 10.0 Å². The average Bonchev–Trinajstić information content (AvgIpc) is 1.38. The Morgan fingerprint density at radius 1 is 1.43 bits per heavy atom. The second kappa shape index (κ2) is 11.7. The van der Waals surface area contributed by atoms with Crippen LogP contribution in [0.15, 0.2) is 0 Å². The van der Waals surface area contributed by atoms with Crippen molar-refractivity contribution >= 4 is 64.7 Å². The molecule has 0 aromatic heterocycles. The third kappa shape index (κ3) is 17.6. The molecule has 0 bridgehead atoms. The molecule has 0 spiro atoms. The number of hydrogen-bond acceptors (Lipinski definition) is 3. The molecule has 7 heteroatoms. The zero-order chi connectivity index (χ0) is 4.28. The maximum Gasteiger partial charge on any atom is 2.00 e. The van der Waals surface area contributed by atoms with Crippen LogP contribution in [0.3, 0.4) is 0 Å². The average molecular weight is 321 g/mol. The van der Waals surface area contributed by atoms with E-state index >= 15 is 0 Å². The monoisotopic (exact) mass is 321 g/mol. The number of rotatable bonds is 1. The van der Waals surface area contributed by atoms with Crippen molar-refractivity contribution in [2.45, 2.75) is 0 Å². The molecule has 3 nitrogen and oxygen atoms in total. The van der Waals surface area contributed by atoms with Gasteiger partial charge in [0.2, 0.25) is 0 Å². The molecule has 0 unspecified atom stereocenters. The maximum atomic E-state index is 8.99. The molecule has 0 amide bonds. The smallest absolute Gasteiger partial charge is 0.869 e. The topological polar surface area (TPSA) is 55.3 Å². The predicted octanol–water partition coefficient (Wildman–Crippen LogP) is -2.52. The van der Waals surface area contributed by atoms with Crippen molar-refractivity contribution in [3.8, 4) is 0 Å². The second-order valence-corrected chi connectivity index (χ2v) is 0.556. The SMILES string of the molecule is [La].[O-]B([O-])OCl.[Sr+2]. The van der Waals surface area contributed by atoms with E-state index in [0.29, 0.717) is 0 Å². The Labute approximate surface area is 112 Å². The summed E-state index contributed by atoms with van der Waals surface area (Å²) in [5, 5.41) is 18.0. The van der Waals surface area contributed by atoms with Gasteiger partial charge in [0, 0.05) is 47.5 Å². The van der Waals surface area contributed by atoms with Gasteiger partial charge in [0.15, 0.2) is 0 Å². The van der Waals surface area contributed by atoms with Gasteiger partial charge >= 0.3 is 45.5 Å². The predicted molar refractivity (Wildman–Crippen MR) is 18.4 cm³/mol. The van der Waals surface area contributed by atoms with Gasteiger partial charge in [-0.15, -0.1) is 0 Å². The van der Waals surface area contributed by atoms with E-state index < -0.39 is 7.32 Å². The summed E-state index contributed by atoms with van der Waals surface area (Å²) in [6, 6.07) is 0. The molecule has 0 fully saturated rings. The van der Waals surface area contributed by atoms with Gasteiger partial charge in [-0.2, -0.15) is 0 Å². The molecule has 0 aromatic rings. The summed E-state index contributed by atoms with van der Waals surface area (Å²) in [6.07, 6.45) is 0. The van der Waals surface area contributed by atoms with E-state index in [4.69, 9.17) is 10.0 Å². The minimum absolute atomic E-state index is 0. The van der Waals surface area contributed by atoms with E-state index in [2.05, 4.69) is 16.1 Å². The first-order valence-electron chi connectivity index (χ1n) is 0.861. The molecule has 0 N–H and O–H groups in total. The largest absolute Gasteiger partial charge is 2.00 e. The summed E-state index contributed by atoms with van der Waals surface area (Å²) >= 11 is 4.21.